The van der Waals surface area contributed by atoms with Crippen LogP contribution in [-0.4, -0.2) is 35.6 Å². The number of carbonyl (C=O) groups excluding carboxylic acids is 1. The van der Waals surface area contributed by atoms with Crippen LogP contribution in [0, 0.1) is 5.92 Å². The van der Waals surface area contributed by atoms with Crippen LogP contribution in [0.25, 0.3) is 10.2 Å². The number of aromatic nitrogens is 1. The minimum atomic E-state index is -0.336. The molecule has 0 radical (unpaired) electrons. The van der Waals surface area contributed by atoms with Crippen molar-refractivity contribution in [3.8, 4) is 0 Å². The Morgan fingerprint density at radius 2 is 2.44 bits per heavy atom. The fraction of sp³-hybridized carbons (Fsp3) is 0.385. The van der Waals surface area contributed by atoms with Crippen molar-refractivity contribution in [2.75, 3.05) is 19.8 Å². The summed E-state index contributed by atoms with van der Waals surface area (Å²) in [6.07, 6.45) is 0.769. The molecular weight excluding hydrogens is 251 g/mol. The molecule has 0 bridgehead atoms. The van der Waals surface area contributed by atoms with Gasteiger partial charge in [0.05, 0.1) is 22.4 Å². The molecule has 3 rings (SSSR count). The maximum atomic E-state index is 12.6. The Morgan fingerprint density at radius 1 is 1.56 bits per heavy atom. The quantitative estimate of drug-likeness (QED) is 0.835. The molecule has 1 aromatic carbocycles. The van der Waals surface area contributed by atoms with Gasteiger partial charge in [-0.2, -0.15) is 0 Å². The normalized spacial score (nSPS) is 19.6. The van der Waals surface area contributed by atoms with Crippen molar-refractivity contribution in [3.05, 3.63) is 29.3 Å². The highest BCUT2D eigenvalue weighted by molar-refractivity contribution is 7.16. The van der Waals surface area contributed by atoms with Crippen LogP contribution in [0.3, 0.4) is 0 Å². The predicted molar refractivity (Wildman–Crippen MR) is 69.6 cm³/mol. The molecule has 0 aliphatic carbocycles. The van der Waals surface area contributed by atoms with E-state index < -0.39 is 0 Å². The molecule has 2 aromatic rings. The number of fused-ring (bicyclic) bond motifs is 1. The van der Waals surface area contributed by atoms with Crippen molar-refractivity contribution in [2.45, 2.75) is 6.42 Å². The molecule has 1 aliphatic heterocycles. The van der Waals surface area contributed by atoms with Crippen LogP contribution in [-0.2, 0) is 0 Å². The smallest absolute Gasteiger partial charge is 0.253 e. The topological polar surface area (TPSA) is 33.2 Å². The molecule has 1 aliphatic rings. The van der Waals surface area contributed by atoms with Crippen LogP contribution in [0.5, 0.6) is 0 Å². The van der Waals surface area contributed by atoms with Gasteiger partial charge in [-0.15, -0.1) is 11.3 Å². The highest BCUT2D eigenvalue weighted by Crippen LogP contribution is 2.23. The lowest BCUT2D eigenvalue weighted by molar-refractivity contribution is 0.0785. The van der Waals surface area contributed by atoms with E-state index in [1.54, 1.807) is 16.5 Å². The number of likely N-dealkylation sites (tertiary alicyclic amines) is 1. The molecule has 2 heterocycles. The summed E-state index contributed by atoms with van der Waals surface area (Å²) in [6.45, 7) is 0.863. The van der Waals surface area contributed by atoms with Gasteiger partial charge in [0.25, 0.3) is 5.91 Å². The number of rotatable bonds is 2. The van der Waals surface area contributed by atoms with E-state index in [2.05, 4.69) is 4.98 Å². The molecule has 1 saturated heterocycles. The molecule has 1 amide bonds. The monoisotopic (exact) mass is 264 g/mol. The first-order valence-electron chi connectivity index (χ1n) is 5.96. The summed E-state index contributed by atoms with van der Waals surface area (Å²) in [5, 5.41) is 0. The number of nitrogens with zero attached hydrogens (tertiary/aromatic N) is 2. The van der Waals surface area contributed by atoms with E-state index in [0.717, 1.165) is 16.6 Å². The Balaban J connectivity index is 1.83. The first-order valence-corrected chi connectivity index (χ1v) is 6.84. The Kier molecular flexibility index (Phi) is 2.99. The van der Waals surface area contributed by atoms with Crippen molar-refractivity contribution in [3.63, 3.8) is 0 Å². The molecule has 1 atom stereocenters. The van der Waals surface area contributed by atoms with Gasteiger partial charge in [0, 0.05) is 24.6 Å². The predicted octanol–water partition coefficient (Wildman–Crippen LogP) is 2.73. The van der Waals surface area contributed by atoms with E-state index >= 15 is 0 Å². The molecule has 18 heavy (non-hydrogen) atoms. The summed E-state index contributed by atoms with van der Waals surface area (Å²) < 4.78 is 13.6. The molecule has 0 N–H and O–H groups in total. The lowest BCUT2D eigenvalue weighted by Crippen LogP contribution is -2.28. The summed E-state index contributed by atoms with van der Waals surface area (Å²) >= 11 is 1.52. The van der Waals surface area contributed by atoms with Gasteiger partial charge in [-0.1, -0.05) is 0 Å². The highest BCUT2D eigenvalue weighted by Gasteiger charge is 2.26. The molecule has 1 fully saturated rings. The zero-order valence-corrected chi connectivity index (χ0v) is 10.6. The number of carbonyl (C=O) groups is 1. The van der Waals surface area contributed by atoms with E-state index in [0.29, 0.717) is 18.7 Å². The SMILES string of the molecule is O=C(c1ccc2ncsc2c1)N1CCC(CF)C1. The van der Waals surface area contributed by atoms with E-state index in [4.69, 9.17) is 0 Å². The summed E-state index contributed by atoms with van der Waals surface area (Å²) in [4.78, 5) is 18.2. The van der Waals surface area contributed by atoms with Gasteiger partial charge >= 0.3 is 0 Å². The zero-order chi connectivity index (χ0) is 12.5. The Morgan fingerprint density at radius 3 is 3.22 bits per heavy atom. The van der Waals surface area contributed by atoms with Crippen molar-refractivity contribution in [1.29, 1.82) is 0 Å². The Bertz CT molecular complexity index is 583. The fourth-order valence-corrected chi connectivity index (χ4v) is 3.03. The summed E-state index contributed by atoms with van der Waals surface area (Å²) in [5.41, 5.74) is 3.36. The van der Waals surface area contributed by atoms with Crippen molar-refractivity contribution in [1.82, 2.24) is 9.88 Å². The molecule has 0 spiro atoms. The Hall–Kier alpha value is -1.49. The maximum absolute atomic E-state index is 12.6. The van der Waals surface area contributed by atoms with Crippen molar-refractivity contribution < 1.29 is 9.18 Å². The van der Waals surface area contributed by atoms with Gasteiger partial charge in [0.2, 0.25) is 0 Å². The number of thiazole rings is 1. The first kappa shape index (κ1) is 11.6. The minimum Gasteiger partial charge on any atom is -0.338 e. The van der Waals surface area contributed by atoms with E-state index in [-0.39, 0.29) is 18.5 Å². The van der Waals surface area contributed by atoms with Gasteiger partial charge in [-0.3, -0.25) is 9.18 Å². The van der Waals surface area contributed by atoms with Crippen LogP contribution in [0.1, 0.15) is 16.8 Å². The number of halogens is 1. The lowest BCUT2D eigenvalue weighted by atomic mass is 10.1. The molecule has 1 aromatic heterocycles. The number of hydrogen-bond acceptors (Lipinski definition) is 3. The second kappa shape index (κ2) is 4.65. The van der Waals surface area contributed by atoms with Gasteiger partial charge in [-0.05, 0) is 24.6 Å². The van der Waals surface area contributed by atoms with Gasteiger partial charge in [0.15, 0.2) is 0 Å². The number of alkyl halides is 1. The highest BCUT2D eigenvalue weighted by atomic mass is 32.1. The second-order valence-electron chi connectivity index (χ2n) is 4.60. The van der Waals surface area contributed by atoms with E-state index in [1.807, 2.05) is 12.1 Å². The summed E-state index contributed by atoms with van der Waals surface area (Å²) in [6, 6.07) is 5.53. The standard InChI is InChI=1S/C13H13FN2OS/c14-6-9-3-4-16(7-9)13(17)10-1-2-11-12(5-10)18-8-15-11/h1-2,5,8-9H,3-4,6-7H2. The fourth-order valence-electron chi connectivity index (χ4n) is 2.31. The van der Waals surface area contributed by atoms with Gasteiger partial charge in [0.1, 0.15) is 0 Å². The van der Waals surface area contributed by atoms with Gasteiger partial charge < -0.3 is 4.90 Å². The van der Waals surface area contributed by atoms with Crippen LogP contribution in [0.4, 0.5) is 4.39 Å². The average Bonchev–Trinajstić information content (AvgIpc) is 3.05. The third-order valence-corrected chi connectivity index (χ3v) is 4.16. The maximum Gasteiger partial charge on any atom is 0.253 e. The average molecular weight is 264 g/mol. The number of amides is 1. The van der Waals surface area contributed by atoms with Crippen LogP contribution in [0.2, 0.25) is 0 Å². The molecule has 1 unspecified atom stereocenters. The van der Waals surface area contributed by atoms with Crippen LogP contribution < -0.4 is 0 Å². The van der Waals surface area contributed by atoms with E-state index in [1.165, 1.54) is 11.3 Å². The number of hydrogen-bond donors (Lipinski definition) is 0. The second-order valence-corrected chi connectivity index (χ2v) is 5.48. The minimum absolute atomic E-state index is 0.00116. The molecule has 94 valence electrons. The molecule has 5 heteroatoms. The van der Waals surface area contributed by atoms with Crippen LogP contribution >= 0.6 is 11.3 Å². The largest absolute Gasteiger partial charge is 0.338 e. The Labute approximate surface area is 108 Å². The molecule has 3 nitrogen and oxygen atoms in total. The molecule has 0 saturated carbocycles. The van der Waals surface area contributed by atoms with Crippen LogP contribution in [0.15, 0.2) is 23.7 Å². The summed E-state index contributed by atoms with van der Waals surface area (Å²) in [7, 11) is 0. The van der Waals surface area contributed by atoms with E-state index in [9.17, 15) is 9.18 Å². The zero-order valence-electron chi connectivity index (χ0n) is 9.80. The molecular formula is C13H13FN2OS. The number of benzene rings is 1. The summed E-state index contributed by atoms with van der Waals surface area (Å²) in [5.74, 6) is 0.0161. The van der Waals surface area contributed by atoms with Gasteiger partial charge in [-0.25, -0.2) is 4.98 Å². The van der Waals surface area contributed by atoms with Crippen molar-refractivity contribution >= 4 is 27.5 Å². The third-order valence-electron chi connectivity index (χ3n) is 3.37. The third kappa shape index (κ3) is 1.99. The van der Waals surface area contributed by atoms with Crippen molar-refractivity contribution in [2.24, 2.45) is 5.92 Å². The lowest BCUT2D eigenvalue weighted by Gasteiger charge is -2.15. The first-order chi connectivity index (χ1) is 8.78.